The summed E-state index contributed by atoms with van der Waals surface area (Å²) in [4.78, 5) is 4.66. The maximum Gasteiger partial charge on any atom is 0.0738 e. The van der Waals surface area contributed by atoms with Gasteiger partial charge in [0.1, 0.15) is 0 Å². The molecule has 4 atom stereocenters. The third-order valence-electron chi connectivity index (χ3n) is 5.29. The van der Waals surface area contributed by atoms with Gasteiger partial charge in [0.05, 0.1) is 12.1 Å². The average molecular weight is 337 g/mol. The van der Waals surface area contributed by atoms with E-state index in [-0.39, 0.29) is 0 Å². The monoisotopic (exact) mass is 336 g/mol. The maximum atomic E-state index is 3.69. The Bertz CT molecular complexity index is 319. The van der Waals surface area contributed by atoms with E-state index < -0.39 is 0 Å². The maximum absolute atomic E-state index is 3.69. The second-order valence-electron chi connectivity index (χ2n) is 7.73. The van der Waals surface area contributed by atoms with Gasteiger partial charge in [0.15, 0.2) is 0 Å². The van der Waals surface area contributed by atoms with Gasteiger partial charge in [-0.3, -0.25) is 9.80 Å². The highest BCUT2D eigenvalue weighted by atomic mass is 15.1. The lowest BCUT2D eigenvalue weighted by molar-refractivity contribution is 0.234. The summed E-state index contributed by atoms with van der Waals surface area (Å²) in [7, 11) is 8.75. The van der Waals surface area contributed by atoms with Crippen molar-refractivity contribution in [3.05, 3.63) is 0 Å². The van der Waals surface area contributed by atoms with Crippen LogP contribution in [0.3, 0.4) is 0 Å². The third kappa shape index (κ3) is 8.54. The Kier molecular flexibility index (Phi) is 13.4. The molecule has 0 aromatic carbocycles. The Morgan fingerprint density at radius 1 is 0.625 bits per heavy atom. The molecule has 0 N–H and O–H groups in total. The SMILES string of the molecule is CCCC[C@@H](CC)[C@@H](C#C[C@@H]([C@@H](CC)CCCC)N(C)C)N(C)C. The number of unbranched alkanes of at least 4 members (excludes halogenated alkanes) is 2. The summed E-state index contributed by atoms with van der Waals surface area (Å²) in [6, 6.07) is 0.764. The summed E-state index contributed by atoms with van der Waals surface area (Å²) < 4.78 is 0. The van der Waals surface area contributed by atoms with Gasteiger partial charge < -0.3 is 0 Å². The van der Waals surface area contributed by atoms with Gasteiger partial charge >= 0.3 is 0 Å². The van der Waals surface area contributed by atoms with Crippen molar-refractivity contribution >= 4 is 0 Å². The van der Waals surface area contributed by atoms with Crippen LogP contribution in [0.4, 0.5) is 0 Å². The standard InChI is InChI=1S/C22H44N2/c1-9-13-15-19(11-3)21(23(5)6)17-18-22(24(7)8)20(12-4)16-14-10-2/h19-22H,9-16H2,1-8H3/t19-,20+,21-,22+. The van der Waals surface area contributed by atoms with Gasteiger partial charge in [-0.2, -0.15) is 0 Å². The molecule has 0 amide bonds. The van der Waals surface area contributed by atoms with Crippen LogP contribution in [0, 0.1) is 23.7 Å². The first-order chi connectivity index (χ1) is 11.4. The molecule has 0 aliphatic rings. The molecule has 0 radical (unpaired) electrons. The van der Waals surface area contributed by atoms with Gasteiger partial charge in [-0.05, 0) is 52.9 Å². The van der Waals surface area contributed by atoms with Crippen molar-refractivity contribution in [2.45, 2.75) is 91.1 Å². The molecule has 0 aliphatic carbocycles. The van der Waals surface area contributed by atoms with Crippen LogP contribution in [0.5, 0.6) is 0 Å². The van der Waals surface area contributed by atoms with Gasteiger partial charge in [-0.25, -0.2) is 0 Å². The van der Waals surface area contributed by atoms with Gasteiger partial charge in [0.25, 0.3) is 0 Å². The van der Waals surface area contributed by atoms with Crippen molar-refractivity contribution in [2.24, 2.45) is 11.8 Å². The highest BCUT2D eigenvalue weighted by Gasteiger charge is 2.22. The Morgan fingerprint density at radius 3 is 1.17 bits per heavy atom. The van der Waals surface area contributed by atoms with Crippen LogP contribution in [-0.2, 0) is 0 Å². The zero-order chi connectivity index (χ0) is 18.5. The largest absolute Gasteiger partial charge is 0.296 e. The number of rotatable bonds is 12. The Labute approximate surface area is 153 Å². The smallest absolute Gasteiger partial charge is 0.0738 e. The van der Waals surface area contributed by atoms with Crippen LogP contribution in [0.2, 0.25) is 0 Å². The quantitative estimate of drug-likeness (QED) is 0.447. The zero-order valence-electron chi connectivity index (χ0n) is 17.9. The normalized spacial score (nSPS) is 16.6. The van der Waals surface area contributed by atoms with Gasteiger partial charge in [0.2, 0.25) is 0 Å². The van der Waals surface area contributed by atoms with Crippen LogP contribution >= 0.6 is 0 Å². The molecule has 0 bridgehead atoms. The van der Waals surface area contributed by atoms with Crippen LogP contribution in [-0.4, -0.2) is 50.1 Å². The summed E-state index contributed by atoms with van der Waals surface area (Å²) in [6.45, 7) is 9.20. The van der Waals surface area contributed by atoms with E-state index in [0.717, 1.165) is 0 Å². The topological polar surface area (TPSA) is 6.48 Å². The summed E-state index contributed by atoms with van der Waals surface area (Å²) in [5.41, 5.74) is 0. The second kappa shape index (κ2) is 13.7. The Hall–Kier alpha value is -0.520. The number of hydrogen-bond acceptors (Lipinski definition) is 2. The molecular formula is C22H44N2. The minimum atomic E-state index is 0.382. The predicted molar refractivity (Wildman–Crippen MR) is 109 cm³/mol. The molecule has 0 saturated heterocycles. The first-order valence-electron chi connectivity index (χ1n) is 10.3. The first-order valence-corrected chi connectivity index (χ1v) is 10.3. The lowest BCUT2D eigenvalue weighted by Gasteiger charge is -2.30. The van der Waals surface area contributed by atoms with E-state index in [1.807, 2.05) is 0 Å². The summed E-state index contributed by atoms with van der Waals surface area (Å²) in [6.07, 6.45) is 10.2. The minimum absolute atomic E-state index is 0.382. The Balaban J connectivity index is 5.25. The molecule has 0 saturated carbocycles. The van der Waals surface area contributed by atoms with Crippen molar-refractivity contribution < 1.29 is 0 Å². The third-order valence-corrected chi connectivity index (χ3v) is 5.29. The molecule has 0 spiro atoms. The molecule has 0 fully saturated rings. The molecule has 0 aromatic rings. The molecule has 2 heteroatoms. The lowest BCUT2D eigenvalue weighted by atomic mass is 9.88. The molecule has 0 rings (SSSR count). The summed E-state index contributed by atoms with van der Waals surface area (Å²) in [5.74, 6) is 8.74. The predicted octanol–water partition coefficient (Wildman–Crippen LogP) is 5.28. The zero-order valence-corrected chi connectivity index (χ0v) is 17.9. The molecule has 2 nitrogen and oxygen atoms in total. The Morgan fingerprint density at radius 2 is 0.958 bits per heavy atom. The fourth-order valence-electron chi connectivity index (χ4n) is 3.61. The van der Waals surface area contributed by atoms with E-state index in [9.17, 15) is 0 Å². The lowest BCUT2D eigenvalue weighted by Crippen LogP contribution is -2.37. The highest BCUT2D eigenvalue weighted by Crippen LogP contribution is 2.22. The van der Waals surface area contributed by atoms with E-state index >= 15 is 0 Å². The minimum Gasteiger partial charge on any atom is -0.296 e. The molecule has 142 valence electrons. The molecule has 0 unspecified atom stereocenters. The van der Waals surface area contributed by atoms with Crippen LogP contribution in [0.1, 0.15) is 79.1 Å². The molecule has 0 aliphatic heterocycles. The second-order valence-corrected chi connectivity index (χ2v) is 7.73. The van der Waals surface area contributed by atoms with Gasteiger partial charge in [-0.15, -0.1) is 0 Å². The highest BCUT2D eigenvalue weighted by molar-refractivity contribution is 5.16. The molecular weight excluding hydrogens is 292 g/mol. The fourth-order valence-corrected chi connectivity index (χ4v) is 3.61. The van der Waals surface area contributed by atoms with Crippen molar-refractivity contribution in [3.8, 4) is 11.8 Å². The van der Waals surface area contributed by atoms with Crippen LogP contribution < -0.4 is 0 Å². The summed E-state index contributed by atoms with van der Waals surface area (Å²) >= 11 is 0. The van der Waals surface area contributed by atoms with E-state index in [1.54, 1.807) is 0 Å². The van der Waals surface area contributed by atoms with E-state index in [4.69, 9.17) is 0 Å². The van der Waals surface area contributed by atoms with Crippen molar-refractivity contribution in [1.82, 2.24) is 9.80 Å². The van der Waals surface area contributed by atoms with Crippen LogP contribution in [0.25, 0.3) is 0 Å². The van der Waals surface area contributed by atoms with Gasteiger partial charge in [-0.1, -0.05) is 78.1 Å². The van der Waals surface area contributed by atoms with E-state index in [2.05, 4.69) is 77.5 Å². The summed E-state index contributed by atoms with van der Waals surface area (Å²) in [5, 5.41) is 0. The molecule has 0 aromatic heterocycles. The average Bonchev–Trinajstić information content (AvgIpc) is 2.55. The fraction of sp³-hybridized carbons (Fsp3) is 0.909. The van der Waals surface area contributed by atoms with Crippen molar-refractivity contribution in [3.63, 3.8) is 0 Å². The van der Waals surface area contributed by atoms with Gasteiger partial charge in [0, 0.05) is 0 Å². The van der Waals surface area contributed by atoms with Crippen molar-refractivity contribution in [1.29, 1.82) is 0 Å². The van der Waals surface area contributed by atoms with E-state index in [0.29, 0.717) is 23.9 Å². The first kappa shape index (κ1) is 23.5. The van der Waals surface area contributed by atoms with Crippen LogP contribution in [0.15, 0.2) is 0 Å². The number of hydrogen-bond donors (Lipinski definition) is 0. The van der Waals surface area contributed by atoms with Crippen molar-refractivity contribution in [2.75, 3.05) is 28.2 Å². The number of nitrogens with zero attached hydrogens (tertiary/aromatic N) is 2. The van der Waals surface area contributed by atoms with E-state index in [1.165, 1.54) is 51.4 Å². The molecule has 24 heavy (non-hydrogen) atoms. The molecule has 0 heterocycles.